The molecular formula is C64H87N7O17. The van der Waals surface area contributed by atoms with E-state index in [0.29, 0.717) is 192 Å². The van der Waals surface area contributed by atoms with E-state index in [1.54, 1.807) is 24.3 Å². The summed E-state index contributed by atoms with van der Waals surface area (Å²) in [6, 6.07) is 24.9. The number of non-ortho nitro benzene ring substituents is 1. The molecule has 8 rings (SSSR count). The van der Waals surface area contributed by atoms with Crippen molar-refractivity contribution in [3.63, 3.8) is 0 Å². The van der Waals surface area contributed by atoms with Crippen LogP contribution in [-0.4, -0.2) is 212 Å². The number of H-pyrrole nitrogens is 1. The number of fused-ring (bicyclic) bond motifs is 3. The number of benzene rings is 4. The highest BCUT2D eigenvalue weighted by Gasteiger charge is 2.46. The SMILES string of the molecule is Cc1ccc2c(c1)NC[C@]21CCN(C[C@@H](O)C2CCN(C(=O)c3cc4cc(Oc5ccc(C(=O)NCCOCCOCCOCCOCCOCCOCCOCCOCCOCCCc6ccc([N+](=O)[O-])cc6[N+](=O)[O-])cc5)ccc4[nH]3)CC2)C[C@H]1C. The number of nitro groups is 2. The van der Waals surface area contributed by atoms with Gasteiger partial charge in [0, 0.05) is 85.1 Å². The van der Waals surface area contributed by atoms with Crippen LogP contribution in [0.5, 0.6) is 11.5 Å². The van der Waals surface area contributed by atoms with E-state index >= 15 is 0 Å². The number of nitrogens with zero attached hydrogens (tertiary/aromatic N) is 4. The largest absolute Gasteiger partial charge is 0.457 e. The van der Waals surface area contributed by atoms with Crippen LogP contribution in [0.25, 0.3) is 10.9 Å². The second-order valence-corrected chi connectivity index (χ2v) is 22.4. The van der Waals surface area contributed by atoms with Crippen molar-refractivity contribution in [1.29, 1.82) is 0 Å². The number of carbonyl (C=O) groups is 2. The summed E-state index contributed by atoms with van der Waals surface area (Å²) in [5.41, 5.74) is 5.84. The molecule has 3 aliphatic heterocycles. The molecule has 1 aromatic heterocycles. The predicted octanol–water partition coefficient (Wildman–Crippen LogP) is 7.52. The maximum atomic E-state index is 13.7. The molecule has 24 nitrogen and oxygen atoms in total. The summed E-state index contributed by atoms with van der Waals surface area (Å²) in [4.78, 5) is 55.0. The van der Waals surface area contributed by atoms with E-state index in [1.165, 1.54) is 28.9 Å². The molecule has 0 aliphatic carbocycles. The van der Waals surface area contributed by atoms with Crippen LogP contribution < -0.4 is 15.4 Å². The van der Waals surface area contributed by atoms with Crippen molar-refractivity contribution in [2.45, 2.75) is 57.5 Å². The molecule has 0 unspecified atom stereocenters. The standard InChI is InChI=1S/C64H87N7O17/c1-47-5-13-56-58(40-47)66-46-64(56)17-21-68(44-48(64)2)45-61(72)50-15-19-69(20-16-50)63(74)59-42-52-41-55(12-14-57(52)67-59)88-54-10-7-51(8-11-54)62(73)65-18-23-80-25-27-82-29-31-84-33-35-86-37-39-87-38-36-85-34-32-83-30-28-81-26-24-79-22-3-4-49-6-9-53(70(75)76)43-60(49)71(77)78/h5-14,40-43,48,50,61,66-67,72H,3-4,15-39,44-46H2,1-2H3,(H,65,73)/t48-,61-,64+/m1/s1. The van der Waals surface area contributed by atoms with Crippen LogP contribution in [0.3, 0.4) is 0 Å². The Kier molecular flexibility index (Phi) is 27.1. The third-order valence-electron chi connectivity index (χ3n) is 16.4. The normalized spacial score (nSPS) is 17.3. The topological polar surface area (TPSA) is 279 Å². The van der Waals surface area contributed by atoms with Gasteiger partial charge in [-0.3, -0.25) is 29.8 Å². The summed E-state index contributed by atoms with van der Waals surface area (Å²) in [5.74, 6) is 1.53. The lowest BCUT2D eigenvalue weighted by atomic mass is 9.67. The first-order chi connectivity index (χ1) is 42.9. The average molecular weight is 1230 g/mol. The molecule has 0 saturated carbocycles. The number of ether oxygens (including phenoxy) is 10. The summed E-state index contributed by atoms with van der Waals surface area (Å²) in [5, 5.41) is 41.0. The lowest BCUT2D eigenvalue weighted by Gasteiger charge is -2.46. The van der Waals surface area contributed by atoms with E-state index in [0.717, 1.165) is 55.9 Å². The third kappa shape index (κ3) is 20.4. The van der Waals surface area contributed by atoms with Crippen LogP contribution in [0.1, 0.15) is 70.1 Å². The first-order valence-corrected chi connectivity index (χ1v) is 30.7. The number of nitrogens with one attached hydrogen (secondary N) is 3. The monoisotopic (exact) mass is 1230 g/mol. The summed E-state index contributed by atoms with van der Waals surface area (Å²) in [6.45, 7) is 16.9. The zero-order valence-corrected chi connectivity index (χ0v) is 50.8. The van der Waals surface area contributed by atoms with Gasteiger partial charge in [-0.25, -0.2) is 0 Å². The number of hydrogen-bond donors (Lipinski definition) is 4. The van der Waals surface area contributed by atoms with Crippen molar-refractivity contribution in [3.8, 4) is 11.5 Å². The van der Waals surface area contributed by atoms with E-state index in [2.05, 4.69) is 52.6 Å². The number of piperidine rings is 2. The lowest BCUT2D eigenvalue weighted by Crippen LogP contribution is -2.52. The second kappa shape index (κ2) is 35.5. The van der Waals surface area contributed by atoms with Crippen molar-refractivity contribution < 1.29 is 71.9 Å². The molecule has 4 heterocycles. The Morgan fingerprint density at radius 3 is 1.84 bits per heavy atom. The van der Waals surface area contributed by atoms with Crippen LogP contribution in [0.2, 0.25) is 0 Å². The number of β-amino-alcohol motifs (C(OH)–C–C–N with tert-alkyl or cyclic N) is 1. The zero-order chi connectivity index (χ0) is 61.9. The van der Waals surface area contributed by atoms with Gasteiger partial charge in [-0.05, 0) is 129 Å². The van der Waals surface area contributed by atoms with Crippen LogP contribution >= 0.6 is 0 Å². The number of nitro benzene ring substituents is 2. The van der Waals surface area contributed by atoms with E-state index in [-0.39, 0.29) is 34.5 Å². The van der Waals surface area contributed by atoms with Crippen molar-refractivity contribution >= 4 is 39.8 Å². The average Bonchev–Trinajstić information content (AvgIpc) is 2.39. The van der Waals surface area contributed by atoms with E-state index in [9.17, 15) is 34.9 Å². The number of amides is 2. The number of anilines is 1. The number of aryl methyl sites for hydroxylation is 2. The van der Waals surface area contributed by atoms with Gasteiger partial charge in [0.15, 0.2) is 0 Å². The van der Waals surface area contributed by atoms with Gasteiger partial charge in [0.25, 0.3) is 23.2 Å². The number of rotatable bonds is 40. The molecule has 3 aliphatic rings. The maximum Gasteiger partial charge on any atom is 0.279 e. The minimum absolute atomic E-state index is 0.0461. The van der Waals surface area contributed by atoms with Gasteiger partial charge in [-0.15, -0.1) is 0 Å². The highest BCUT2D eigenvalue weighted by Crippen LogP contribution is 2.47. The van der Waals surface area contributed by atoms with Gasteiger partial charge in [-0.2, -0.15) is 0 Å². The summed E-state index contributed by atoms with van der Waals surface area (Å²) in [7, 11) is 0. The molecule has 0 radical (unpaired) electrons. The van der Waals surface area contributed by atoms with Gasteiger partial charge < -0.3 is 77.9 Å². The van der Waals surface area contributed by atoms with Gasteiger partial charge in [0.2, 0.25) is 0 Å². The Morgan fingerprint density at radius 1 is 0.682 bits per heavy atom. The fraction of sp³-hybridized carbons (Fsp3) is 0.562. The zero-order valence-electron chi connectivity index (χ0n) is 50.8. The fourth-order valence-corrected chi connectivity index (χ4v) is 11.5. The molecule has 88 heavy (non-hydrogen) atoms. The molecular weight excluding hydrogens is 1140 g/mol. The Hall–Kier alpha value is -6.68. The molecule has 24 heteroatoms. The Bertz CT molecular complexity index is 2980. The van der Waals surface area contributed by atoms with Crippen LogP contribution in [-0.2, 0) is 54.5 Å². The smallest absolute Gasteiger partial charge is 0.279 e. The number of carbonyl (C=O) groups excluding carboxylic acids is 2. The molecule has 2 fully saturated rings. The van der Waals surface area contributed by atoms with E-state index < -0.39 is 16.0 Å². The Morgan fingerprint density at radius 2 is 1.26 bits per heavy atom. The number of likely N-dealkylation sites (tertiary alicyclic amines) is 2. The van der Waals surface area contributed by atoms with Crippen molar-refractivity contribution in [3.05, 3.63) is 133 Å². The Balaban J connectivity index is 0.560. The molecule has 4 aromatic carbocycles. The van der Waals surface area contributed by atoms with Crippen molar-refractivity contribution in [1.82, 2.24) is 20.1 Å². The number of aromatic nitrogens is 1. The van der Waals surface area contributed by atoms with Crippen LogP contribution in [0.15, 0.2) is 84.9 Å². The van der Waals surface area contributed by atoms with Crippen LogP contribution in [0, 0.1) is 39.0 Å². The minimum atomic E-state index is -0.656. The molecule has 4 N–H and O–H groups in total. The van der Waals surface area contributed by atoms with Crippen LogP contribution in [0.4, 0.5) is 17.1 Å². The van der Waals surface area contributed by atoms with Gasteiger partial charge in [0.1, 0.15) is 17.2 Å². The summed E-state index contributed by atoms with van der Waals surface area (Å²) >= 11 is 0. The predicted molar refractivity (Wildman–Crippen MR) is 329 cm³/mol. The Labute approximate surface area is 514 Å². The van der Waals surface area contributed by atoms with Gasteiger partial charge >= 0.3 is 0 Å². The highest BCUT2D eigenvalue weighted by molar-refractivity contribution is 5.98. The fourth-order valence-electron chi connectivity index (χ4n) is 11.5. The van der Waals surface area contributed by atoms with E-state index in [4.69, 9.17) is 47.4 Å². The van der Waals surface area contributed by atoms with E-state index in [1.807, 2.05) is 29.2 Å². The first kappa shape index (κ1) is 67.3. The second-order valence-electron chi connectivity index (χ2n) is 22.4. The summed E-state index contributed by atoms with van der Waals surface area (Å²) < 4.78 is 55.9. The molecule has 480 valence electrons. The molecule has 5 aromatic rings. The van der Waals surface area contributed by atoms with Gasteiger partial charge in [-0.1, -0.05) is 19.1 Å². The maximum absolute atomic E-state index is 13.7. The number of hydrogen-bond acceptors (Lipinski definition) is 19. The minimum Gasteiger partial charge on any atom is -0.457 e. The lowest BCUT2D eigenvalue weighted by molar-refractivity contribution is -0.394. The van der Waals surface area contributed by atoms with Crippen molar-refractivity contribution in [2.75, 3.05) is 170 Å². The summed E-state index contributed by atoms with van der Waals surface area (Å²) in [6.07, 6.45) is 3.08. The van der Waals surface area contributed by atoms with Crippen molar-refractivity contribution in [2.24, 2.45) is 11.8 Å². The molecule has 1 spiro atoms. The first-order valence-electron chi connectivity index (χ1n) is 30.7. The third-order valence-corrected chi connectivity index (χ3v) is 16.4. The quantitative estimate of drug-likeness (QED) is 0.0168. The number of aliphatic hydroxyl groups excluding tert-OH is 1. The molecule has 2 amide bonds. The highest BCUT2D eigenvalue weighted by atomic mass is 16.6. The number of aliphatic hydroxyl groups is 1. The van der Waals surface area contributed by atoms with Gasteiger partial charge in [0.05, 0.1) is 134 Å². The molecule has 3 atom stereocenters. The number of aromatic amines is 1. The molecule has 2 saturated heterocycles. The molecule has 0 bridgehead atoms.